The number of nitrogens with one attached hydrogen (secondary N) is 1. The van der Waals surface area contributed by atoms with Crippen LogP contribution in [0.3, 0.4) is 0 Å². The average molecular weight is 309 g/mol. The number of hydrogen-bond donors (Lipinski definition) is 1. The van der Waals surface area contributed by atoms with E-state index in [-0.39, 0.29) is 12.1 Å². The maximum absolute atomic E-state index is 11.9. The summed E-state index contributed by atoms with van der Waals surface area (Å²) in [7, 11) is 1.40. The van der Waals surface area contributed by atoms with Crippen molar-refractivity contribution in [2.45, 2.75) is 42.9 Å². The number of benzene rings is 1. The van der Waals surface area contributed by atoms with Crippen molar-refractivity contribution in [3.8, 4) is 5.75 Å². The van der Waals surface area contributed by atoms with Crippen LogP contribution in [0, 0.1) is 0 Å². The zero-order valence-electron chi connectivity index (χ0n) is 12.8. The number of esters is 1. The molecular formula is C16H23NO3S. The van der Waals surface area contributed by atoms with Gasteiger partial charge in [0.15, 0.2) is 0 Å². The van der Waals surface area contributed by atoms with Crippen LogP contribution in [-0.2, 0) is 4.74 Å². The predicted molar refractivity (Wildman–Crippen MR) is 85.3 cm³/mol. The summed E-state index contributed by atoms with van der Waals surface area (Å²) in [5.74, 6) is 0.291. The van der Waals surface area contributed by atoms with Crippen molar-refractivity contribution in [2.75, 3.05) is 20.2 Å². The van der Waals surface area contributed by atoms with Gasteiger partial charge in [0.2, 0.25) is 0 Å². The van der Waals surface area contributed by atoms with Crippen molar-refractivity contribution in [3.63, 3.8) is 0 Å². The molecule has 0 atom stereocenters. The lowest BCUT2D eigenvalue weighted by Gasteiger charge is -2.25. The lowest BCUT2D eigenvalue weighted by atomic mass is 10.1. The third-order valence-electron chi connectivity index (χ3n) is 3.31. The number of carbonyl (C=O) groups is 1. The quantitative estimate of drug-likeness (QED) is 0.669. The predicted octanol–water partition coefficient (Wildman–Crippen LogP) is 3.10. The molecule has 1 heterocycles. The van der Waals surface area contributed by atoms with Crippen molar-refractivity contribution in [3.05, 3.63) is 23.8 Å². The van der Waals surface area contributed by atoms with Crippen molar-refractivity contribution in [1.82, 2.24) is 5.32 Å². The average Bonchev–Trinajstić information content (AvgIpc) is 2.47. The van der Waals surface area contributed by atoms with Crippen molar-refractivity contribution in [1.29, 1.82) is 0 Å². The molecule has 1 aliphatic rings. The molecule has 0 aliphatic carbocycles. The molecule has 1 aromatic rings. The van der Waals surface area contributed by atoms with E-state index in [1.54, 1.807) is 17.8 Å². The fourth-order valence-corrected chi connectivity index (χ4v) is 3.18. The first-order valence-corrected chi connectivity index (χ1v) is 8.24. The third kappa shape index (κ3) is 4.64. The number of hydrogen-bond acceptors (Lipinski definition) is 5. The van der Waals surface area contributed by atoms with E-state index >= 15 is 0 Å². The number of ether oxygens (including phenoxy) is 2. The van der Waals surface area contributed by atoms with Gasteiger partial charge in [-0.05, 0) is 44.1 Å². The molecule has 116 valence electrons. The largest absolute Gasteiger partial charge is 0.489 e. The molecule has 0 spiro atoms. The van der Waals surface area contributed by atoms with Gasteiger partial charge in [0.05, 0.1) is 7.11 Å². The molecule has 4 nitrogen and oxygen atoms in total. The first-order valence-electron chi connectivity index (χ1n) is 7.36. The molecule has 1 N–H and O–H groups in total. The maximum atomic E-state index is 11.9. The molecule has 1 fully saturated rings. The van der Waals surface area contributed by atoms with Crippen LogP contribution >= 0.6 is 11.8 Å². The van der Waals surface area contributed by atoms with Gasteiger partial charge in [-0.1, -0.05) is 13.8 Å². The Morgan fingerprint density at radius 2 is 2.05 bits per heavy atom. The highest BCUT2D eigenvalue weighted by Crippen LogP contribution is 2.31. The molecule has 1 aliphatic heterocycles. The van der Waals surface area contributed by atoms with Crippen LogP contribution in [0.4, 0.5) is 0 Å². The van der Waals surface area contributed by atoms with E-state index in [4.69, 9.17) is 9.47 Å². The normalized spacial score (nSPS) is 16.0. The molecule has 1 aromatic carbocycles. The second-order valence-electron chi connectivity index (χ2n) is 5.38. The van der Waals surface area contributed by atoms with Crippen LogP contribution in [0.5, 0.6) is 5.75 Å². The standard InChI is InChI=1S/C16H23NO3S/c1-11(2)21-13-4-5-14(16(18)19-3)15(10-13)20-12-6-8-17-9-7-12/h4-5,10-12,17H,6-9H2,1-3H3. The lowest BCUT2D eigenvalue weighted by Crippen LogP contribution is -2.34. The summed E-state index contributed by atoms with van der Waals surface area (Å²) in [6.07, 6.45) is 2.08. The molecule has 1 saturated heterocycles. The summed E-state index contributed by atoms with van der Waals surface area (Å²) >= 11 is 1.76. The van der Waals surface area contributed by atoms with Gasteiger partial charge in [-0.3, -0.25) is 0 Å². The SMILES string of the molecule is COC(=O)c1ccc(SC(C)C)cc1OC1CCNCC1. The van der Waals surface area contributed by atoms with E-state index < -0.39 is 0 Å². The number of carbonyl (C=O) groups excluding carboxylic acids is 1. The Morgan fingerprint density at radius 1 is 1.33 bits per heavy atom. The molecule has 0 amide bonds. The van der Waals surface area contributed by atoms with E-state index in [2.05, 4.69) is 19.2 Å². The van der Waals surface area contributed by atoms with E-state index in [0.29, 0.717) is 16.6 Å². The first kappa shape index (κ1) is 16.2. The number of piperidine rings is 1. The van der Waals surface area contributed by atoms with Gasteiger partial charge < -0.3 is 14.8 Å². The molecule has 0 saturated carbocycles. The third-order valence-corrected chi connectivity index (χ3v) is 4.31. The van der Waals surface area contributed by atoms with Crippen molar-refractivity contribution < 1.29 is 14.3 Å². The highest BCUT2D eigenvalue weighted by atomic mass is 32.2. The zero-order valence-corrected chi connectivity index (χ0v) is 13.7. The summed E-state index contributed by atoms with van der Waals surface area (Å²) < 4.78 is 10.9. The Hall–Kier alpha value is -1.20. The summed E-state index contributed by atoms with van der Waals surface area (Å²) in [5, 5.41) is 3.80. The molecule has 0 bridgehead atoms. The minimum atomic E-state index is -0.347. The summed E-state index contributed by atoms with van der Waals surface area (Å²) in [4.78, 5) is 13.0. The molecule has 0 radical (unpaired) electrons. The minimum absolute atomic E-state index is 0.161. The smallest absolute Gasteiger partial charge is 0.341 e. The lowest BCUT2D eigenvalue weighted by molar-refractivity contribution is 0.0591. The summed E-state index contributed by atoms with van der Waals surface area (Å²) in [6, 6.07) is 5.71. The Bertz CT molecular complexity index is 484. The van der Waals surface area contributed by atoms with Gasteiger partial charge in [0.1, 0.15) is 17.4 Å². The molecule has 21 heavy (non-hydrogen) atoms. The van der Waals surface area contributed by atoms with Crippen LogP contribution in [0.2, 0.25) is 0 Å². The Labute approximate surface area is 130 Å². The van der Waals surface area contributed by atoms with Crippen LogP contribution in [-0.4, -0.2) is 37.5 Å². The van der Waals surface area contributed by atoms with Crippen LogP contribution in [0.25, 0.3) is 0 Å². The molecular weight excluding hydrogens is 286 g/mol. The van der Waals surface area contributed by atoms with Gasteiger partial charge in [-0.15, -0.1) is 11.8 Å². The highest BCUT2D eigenvalue weighted by molar-refractivity contribution is 7.99. The second kappa shape index (κ2) is 7.71. The maximum Gasteiger partial charge on any atom is 0.341 e. The second-order valence-corrected chi connectivity index (χ2v) is 7.03. The fraction of sp³-hybridized carbons (Fsp3) is 0.562. The van der Waals surface area contributed by atoms with Gasteiger partial charge in [-0.2, -0.15) is 0 Å². The first-order chi connectivity index (χ1) is 10.1. The molecule has 2 rings (SSSR count). The van der Waals surface area contributed by atoms with Crippen molar-refractivity contribution in [2.24, 2.45) is 0 Å². The molecule has 0 unspecified atom stereocenters. The Kier molecular flexibility index (Phi) is 5.94. The highest BCUT2D eigenvalue weighted by Gasteiger charge is 2.20. The molecule has 0 aromatic heterocycles. The summed E-state index contributed by atoms with van der Waals surface area (Å²) in [5.41, 5.74) is 0.504. The minimum Gasteiger partial charge on any atom is -0.489 e. The van der Waals surface area contributed by atoms with Gasteiger partial charge >= 0.3 is 5.97 Å². The Morgan fingerprint density at radius 3 is 2.67 bits per heavy atom. The van der Waals surface area contributed by atoms with E-state index in [0.717, 1.165) is 30.8 Å². The number of methoxy groups -OCH3 is 1. The van der Waals surface area contributed by atoms with Crippen molar-refractivity contribution >= 4 is 17.7 Å². The fourth-order valence-electron chi connectivity index (χ4n) is 2.32. The van der Waals surface area contributed by atoms with Gasteiger partial charge in [-0.25, -0.2) is 4.79 Å². The zero-order chi connectivity index (χ0) is 15.2. The van der Waals surface area contributed by atoms with E-state index in [9.17, 15) is 4.79 Å². The van der Waals surface area contributed by atoms with Gasteiger partial charge in [0, 0.05) is 10.1 Å². The van der Waals surface area contributed by atoms with Crippen LogP contribution in [0.1, 0.15) is 37.0 Å². The van der Waals surface area contributed by atoms with Crippen LogP contribution in [0.15, 0.2) is 23.1 Å². The monoisotopic (exact) mass is 309 g/mol. The van der Waals surface area contributed by atoms with Gasteiger partial charge in [0.25, 0.3) is 0 Å². The van der Waals surface area contributed by atoms with Crippen LogP contribution < -0.4 is 10.1 Å². The van der Waals surface area contributed by atoms with E-state index in [1.165, 1.54) is 7.11 Å². The topological polar surface area (TPSA) is 47.6 Å². The molecule has 5 heteroatoms. The number of rotatable bonds is 5. The van der Waals surface area contributed by atoms with E-state index in [1.807, 2.05) is 12.1 Å². The summed E-state index contributed by atoms with van der Waals surface area (Å²) in [6.45, 7) is 6.20. The number of thioether (sulfide) groups is 1. The Balaban J connectivity index is 2.21.